The molecular weight excluding hydrogens is 472 g/mol. The van der Waals surface area contributed by atoms with Gasteiger partial charge >= 0.3 is 0 Å². The highest BCUT2D eigenvalue weighted by molar-refractivity contribution is 9.10. The zero-order valence-electron chi connectivity index (χ0n) is 17.6. The zero-order chi connectivity index (χ0) is 22.3. The summed E-state index contributed by atoms with van der Waals surface area (Å²) in [6.07, 6.45) is 0. The van der Waals surface area contributed by atoms with Crippen molar-refractivity contribution >= 4 is 31.9 Å². The maximum absolute atomic E-state index is 12.8. The normalized spacial score (nSPS) is 11.4. The van der Waals surface area contributed by atoms with Gasteiger partial charge in [-0.1, -0.05) is 22.0 Å². The topological polar surface area (TPSA) is 76.2 Å². The SMILES string of the molecule is CCOc1ccc(CN(CC)C(=O)CN(C)S(=O)(=O)c2ccc(Br)cc2)cc1OC. The van der Waals surface area contributed by atoms with E-state index in [0.29, 0.717) is 31.2 Å². The number of benzene rings is 2. The molecule has 0 saturated heterocycles. The molecule has 0 N–H and O–H groups in total. The molecule has 0 aromatic heterocycles. The van der Waals surface area contributed by atoms with Gasteiger partial charge in [-0.25, -0.2) is 8.42 Å². The van der Waals surface area contributed by atoms with E-state index in [1.165, 1.54) is 19.2 Å². The molecule has 30 heavy (non-hydrogen) atoms. The third kappa shape index (κ3) is 5.96. The van der Waals surface area contributed by atoms with E-state index in [2.05, 4.69) is 15.9 Å². The predicted molar refractivity (Wildman–Crippen MR) is 119 cm³/mol. The molecule has 2 aromatic rings. The van der Waals surface area contributed by atoms with Crippen molar-refractivity contribution in [2.45, 2.75) is 25.3 Å². The monoisotopic (exact) mass is 498 g/mol. The highest BCUT2D eigenvalue weighted by atomic mass is 79.9. The summed E-state index contributed by atoms with van der Waals surface area (Å²) in [5.74, 6) is 0.944. The Bertz CT molecular complexity index is 964. The molecule has 0 aliphatic carbocycles. The number of methoxy groups -OCH3 is 1. The Kier molecular flexibility index (Phi) is 8.69. The van der Waals surface area contributed by atoms with E-state index in [4.69, 9.17) is 9.47 Å². The first kappa shape index (κ1) is 24.2. The minimum absolute atomic E-state index is 0.139. The van der Waals surface area contributed by atoms with Gasteiger partial charge in [-0.2, -0.15) is 4.31 Å². The van der Waals surface area contributed by atoms with Gasteiger partial charge in [-0.05, 0) is 55.8 Å². The van der Waals surface area contributed by atoms with Crippen LogP contribution in [-0.2, 0) is 21.4 Å². The second-order valence-corrected chi connectivity index (χ2v) is 9.50. The third-order valence-electron chi connectivity index (χ3n) is 4.52. The summed E-state index contributed by atoms with van der Waals surface area (Å²) < 4.78 is 38.2. The van der Waals surface area contributed by atoms with Crippen LogP contribution in [0.3, 0.4) is 0 Å². The Labute approximate surface area is 186 Å². The minimum atomic E-state index is -3.76. The zero-order valence-corrected chi connectivity index (χ0v) is 20.0. The fourth-order valence-electron chi connectivity index (χ4n) is 2.84. The van der Waals surface area contributed by atoms with Crippen LogP contribution in [0.5, 0.6) is 11.5 Å². The lowest BCUT2D eigenvalue weighted by Gasteiger charge is -2.24. The predicted octanol–water partition coefficient (Wildman–Crippen LogP) is 3.53. The maximum Gasteiger partial charge on any atom is 0.243 e. The van der Waals surface area contributed by atoms with Crippen LogP contribution >= 0.6 is 15.9 Å². The lowest BCUT2D eigenvalue weighted by Crippen LogP contribution is -2.40. The van der Waals surface area contributed by atoms with Gasteiger partial charge in [-0.15, -0.1) is 0 Å². The molecule has 7 nitrogen and oxygen atoms in total. The lowest BCUT2D eigenvalue weighted by molar-refractivity contribution is -0.131. The van der Waals surface area contributed by atoms with E-state index in [9.17, 15) is 13.2 Å². The van der Waals surface area contributed by atoms with Gasteiger partial charge in [0, 0.05) is 24.6 Å². The van der Waals surface area contributed by atoms with Crippen molar-refractivity contribution in [2.75, 3.05) is 33.9 Å². The van der Waals surface area contributed by atoms with Crippen molar-refractivity contribution in [2.24, 2.45) is 0 Å². The van der Waals surface area contributed by atoms with Crippen molar-refractivity contribution in [3.05, 3.63) is 52.5 Å². The van der Waals surface area contributed by atoms with Crippen LogP contribution in [0.4, 0.5) is 0 Å². The quantitative estimate of drug-likeness (QED) is 0.500. The number of hydrogen-bond donors (Lipinski definition) is 0. The number of likely N-dealkylation sites (N-methyl/N-ethyl adjacent to an activating group) is 2. The highest BCUT2D eigenvalue weighted by Gasteiger charge is 2.25. The van der Waals surface area contributed by atoms with Crippen molar-refractivity contribution in [1.82, 2.24) is 9.21 Å². The fourth-order valence-corrected chi connectivity index (χ4v) is 4.23. The van der Waals surface area contributed by atoms with Crippen LogP contribution in [0, 0.1) is 0 Å². The number of halogens is 1. The van der Waals surface area contributed by atoms with Crippen molar-refractivity contribution < 1.29 is 22.7 Å². The van der Waals surface area contributed by atoms with Crippen LogP contribution in [0.1, 0.15) is 19.4 Å². The average molecular weight is 499 g/mol. The first-order valence-corrected chi connectivity index (χ1v) is 11.8. The van der Waals surface area contributed by atoms with Gasteiger partial charge in [0.15, 0.2) is 11.5 Å². The second-order valence-electron chi connectivity index (χ2n) is 6.54. The molecule has 2 rings (SSSR count). The first-order valence-electron chi connectivity index (χ1n) is 9.52. The number of carbonyl (C=O) groups excluding carboxylic acids is 1. The Hall–Kier alpha value is -2.10. The summed E-state index contributed by atoms with van der Waals surface area (Å²) in [7, 11) is -0.792. The Morgan fingerprint density at radius 3 is 2.30 bits per heavy atom. The number of rotatable bonds is 10. The van der Waals surface area contributed by atoms with E-state index in [-0.39, 0.29) is 17.3 Å². The Morgan fingerprint density at radius 1 is 1.07 bits per heavy atom. The minimum Gasteiger partial charge on any atom is -0.493 e. The van der Waals surface area contributed by atoms with E-state index < -0.39 is 10.0 Å². The molecule has 2 aromatic carbocycles. The number of carbonyl (C=O) groups is 1. The molecule has 164 valence electrons. The summed E-state index contributed by atoms with van der Waals surface area (Å²) in [5.41, 5.74) is 0.865. The summed E-state index contributed by atoms with van der Waals surface area (Å²) in [4.78, 5) is 14.5. The summed E-state index contributed by atoms with van der Waals surface area (Å²) >= 11 is 3.29. The molecule has 9 heteroatoms. The van der Waals surface area contributed by atoms with Crippen molar-refractivity contribution in [1.29, 1.82) is 0 Å². The fraction of sp³-hybridized carbons (Fsp3) is 0.381. The van der Waals surface area contributed by atoms with Crippen molar-refractivity contribution in [3.63, 3.8) is 0 Å². The molecule has 0 radical (unpaired) electrons. The summed E-state index contributed by atoms with van der Waals surface area (Å²) in [6, 6.07) is 11.8. The molecule has 0 aliphatic rings. The number of nitrogens with zero attached hydrogens (tertiary/aromatic N) is 2. The smallest absolute Gasteiger partial charge is 0.243 e. The van der Waals surface area contributed by atoms with Crippen LogP contribution in [0.2, 0.25) is 0 Å². The van der Waals surface area contributed by atoms with Crippen molar-refractivity contribution in [3.8, 4) is 11.5 Å². The van der Waals surface area contributed by atoms with Gasteiger partial charge in [0.05, 0.1) is 25.2 Å². The molecular formula is C21H27BrN2O5S. The molecule has 0 bridgehead atoms. The Morgan fingerprint density at radius 2 is 1.73 bits per heavy atom. The summed E-state index contributed by atoms with van der Waals surface area (Å²) in [5, 5.41) is 0. The molecule has 0 heterocycles. The van der Waals surface area contributed by atoms with E-state index in [0.717, 1.165) is 14.3 Å². The van der Waals surface area contributed by atoms with Crippen LogP contribution in [0.15, 0.2) is 51.8 Å². The van der Waals surface area contributed by atoms with E-state index in [1.807, 2.05) is 26.0 Å². The van der Waals surface area contributed by atoms with Crippen LogP contribution < -0.4 is 9.47 Å². The van der Waals surface area contributed by atoms with Crippen LogP contribution in [-0.4, -0.2) is 57.4 Å². The van der Waals surface area contributed by atoms with Gasteiger partial charge in [0.25, 0.3) is 0 Å². The first-order chi connectivity index (χ1) is 14.2. The molecule has 0 fully saturated rings. The maximum atomic E-state index is 12.8. The number of sulfonamides is 1. The van der Waals surface area contributed by atoms with Gasteiger partial charge in [0.2, 0.25) is 15.9 Å². The standard InChI is InChI=1S/C21H27BrN2O5S/c1-5-24(14-16-7-12-19(29-6-2)20(13-16)28-4)21(25)15-23(3)30(26,27)18-10-8-17(22)9-11-18/h7-13H,5-6,14-15H2,1-4H3. The molecule has 0 atom stereocenters. The number of hydrogen-bond acceptors (Lipinski definition) is 5. The van der Waals surface area contributed by atoms with Crippen LogP contribution in [0.25, 0.3) is 0 Å². The largest absolute Gasteiger partial charge is 0.493 e. The molecule has 0 spiro atoms. The molecule has 0 saturated carbocycles. The molecule has 0 aliphatic heterocycles. The second kappa shape index (κ2) is 10.8. The summed E-state index contributed by atoms with van der Waals surface area (Å²) in [6.45, 7) is 4.80. The average Bonchev–Trinajstić information content (AvgIpc) is 2.73. The van der Waals surface area contributed by atoms with Gasteiger partial charge in [-0.3, -0.25) is 4.79 Å². The third-order valence-corrected chi connectivity index (χ3v) is 6.86. The number of amides is 1. The molecule has 1 amide bonds. The van der Waals surface area contributed by atoms with E-state index >= 15 is 0 Å². The van der Waals surface area contributed by atoms with Gasteiger partial charge < -0.3 is 14.4 Å². The van der Waals surface area contributed by atoms with E-state index in [1.54, 1.807) is 30.2 Å². The Balaban J connectivity index is 2.11. The van der Waals surface area contributed by atoms with Gasteiger partial charge in [0.1, 0.15) is 0 Å². The highest BCUT2D eigenvalue weighted by Crippen LogP contribution is 2.28. The number of ether oxygens (including phenoxy) is 2. The molecule has 0 unspecified atom stereocenters. The lowest BCUT2D eigenvalue weighted by atomic mass is 10.2.